The van der Waals surface area contributed by atoms with E-state index in [0.717, 1.165) is 3.57 Å². The number of rotatable bonds is 4. The van der Waals surface area contributed by atoms with Gasteiger partial charge in [-0.2, -0.15) is 0 Å². The van der Waals surface area contributed by atoms with Gasteiger partial charge in [-0.15, -0.1) is 0 Å². The van der Waals surface area contributed by atoms with Gasteiger partial charge in [-0.3, -0.25) is 9.59 Å². The lowest BCUT2D eigenvalue weighted by atomic mass is 10.2. The molecule has 0 aromatic heterocycles. The lowest BCUT2D eigenvalue weighted by Crippen LogP contribution is -2.35. The number of nitrogens with two attached hydrogens (primary N) is 1. The van der Waals surface area contributed by atoms with Crippen molar-refractivity contribution in [3.05, 3.63) is 33.4 Å². The second-order valence-electron chi connectivity index (χ2n) is 3.56. The van der Waals surface area contributed by atoms with Crippen LogP contribution in [-0.2, 0) is 4.79 Å². The first-order valence-corrected chi connectivity index (χ1v) is 5.91. The van der Waals surface area contributed by atoms with E-state index in [0.29, 0.717) is 5.56 Å². The highest BCUT2D eigenvalue weighted by atomic mass is 127. The Labute approximate surface area is 108 Å². The zero-order valence-corrected chi connectivity index (χ0v) is 11.0. The van der Waals surface area contributed by atoms with Gasteiger partial charge < -0.3 is 11.1 Å². The molecule has 0 saturated carbocycles. The summed E-state index contributed by atoms with van der Waals surface area (Å²) in [5.74, 6) is -0.609. The van der Waals surface area contributed by atoms with Gasteiger partial charge in [0.15, 0.2) is 0 Å². The molecular formula is C11H13IN2O2. The smallest absolute Gasteiger partial charge is 0.251 e. The van der Waals surface area contributed by atoms with Gasteiger partial charge in [-0.05, 0) is 47.7 Å². The molecule has 1 aromatic carbocycles. The molecule has 0 aliphatic carbocycles. The number of carbonyl (C=O) groups is 2. The molecule has 0 aliphatic rings. The Hall–Kier alpha value is -1.11. The summed E-state index contributed by atoms with van der Waals surface area (Å²) in [6.45, 7) is 1.75. The number of nitrogens with one attached hydrogen (secondary N) is 1. The van der Waals surface area contributed by atoms with Gasteiger partial charge in [0.1, 0.15) is 0 Å². The van der Waals surface area contributed by atoms with Gasteiger partial charge >= 0.3 is 0 Å². The van der Waals surface area contributed by atoms with Crippen LogP contribution >= 0.6 is 22.6 Å². The minimum Gasteiger partial charge on any atom is -0.370 e. The summed E-state index contributed by atoms with van der Waals surface area (Å²) in [5, 5.41) is 2.71. The number of primary amides is 1. The van der Waals surface area contributed by atoms with E-state index in [9.17, 15) is 9.59 Å². The van der Waals surface area contributed by atoms with Gasteiger partial charge in [-0.1, -0.05) is 6.07 Å². The summed E-state index contributed by atoms with van der Waals surface area (Å²) in [6.07, 6.45) is 0.148. The van der Waals surface area contributed by atoms with Crippen molar-refractivity contribution >= 4 is 34.4 Å². The van der Waals surface area contributed by atoms with E-state index >= 15 is 0 Å². The fourth-order valence-electron chi connectivity index (χ4n) is 1.29. The van der Waals surface area contributed by atoms with E-state index in [1.165, 1.54) is 0 Å². The first-order valence-electron chi connectivity index (χ1n) is 4.84. The molecule has 0 aliphatic heterocycles. The van der Waals surface area contributed by atoms with Crippen molar-refractivity contribution in [1.82, 2.24) is 5.32 Å². The van der Waals surface area contributed by atoms with Crippen LogP contribution in [0.25, 0.3) is 0 Å². The fourth-order valence-corrected chi connectivity index (χ4v) is 1.83. The molecule has 0 saturated heterocycles. The molecule has 16 heavy (non-hydrogen) atoms. The van der Waals surface area contributed by atoms with Gasteiger partial charge in [0.2, 0.25) is 5.91 Å². The van der Waals surface area contributed by atoms with Crippen molar-refractivity contribution in [2.24, 2.45) is 5.73 Å². The van der Waals surface area contributed by atoms with Crippen LogP contribution in [0.2, 0.25) is 0 Å². The zero-order chi connectivity index (χ0) is 12.1. The molecule has 5 heteroatoms. The largest absolute Gasteiger partial charge is 0.370 e. The number of hydrogen-bond donors (Lipinski definition) is 2. The number of benzene rings is 1. The van der Waals surface area contributed by atoms with Crippen molar-refractivity contribution in [3.8, 4) is 0 Å². The van der Waals surface area contributed by atoms with Crippen LogP contribution in [0.15, 0.2) is 24.3 Å². The molecule has 0 bridgehead atoms. The quantitative estimate of drug-likeness (QED) is 0.816. The molecule has 0 radical (unpaired) electrons. The average Bonchev–Trinajstić information content (AvgIpc) is 2.16. The second kappa shape index (κ2) is 5.83. The summed E-state index contributed by atoms with van der Waals surface area (Å²) < 4.78 is 0.993. The van der Waals surface area contributed by atoms with Gasteiger partial charge in [0.05, 0.1) is 0 Å². The summed E-state index contributed by atoms with van der Waals surface area (Å²) in [4.78, 5) is 22.4. The molecule has 1 unspecified atom stereocenters. The maximum absolute atomic E-state index is 11.7. The molecule has 2 amide bonds. The SMILES string of the molecule is CC(CC(N)=O)NC(=O)c1cccc(I)c1. The van der Waals surface area contributed by atoms with Gasteiger partial charge in [0.25, 0.3) is 5.91 Å². The van der Waals surface area contributed by atoms with Crippen LogP contribution in [0.5, 0.6) is 0 Å². The highest BCUT2D eigenvalue weighted by Gasteiger charge is 2.11. The minimum atomic E-state index is -0.421. The Morgan fingerprint density at radius 3 is 2.75 bits per heavy atom. The minimum absolute atomic E-state index is 0.148. The predicted octanol–water partition coefficient (Wildman–Crippen LogP) is 1.28. The molecule has 1 atom stereocenters. The molecule has 4 nitrogen and oxygen atoms in total. The Morgan fingerprint density at radius 2 is 2.19 bits per heavy atom. The monoisotopic (exact) mass is 332 g/mol. The van der Waals surface area contributed by atoms with Crippen molar-refractivity contribution < 1.29 is 9.59 Å². The van der Waals surface area contributed by atoms with E-state index in [4.69, 9.17) is 5.73 Å². The van der Waals surface area contributed by atoms with Crippen molar-refractivity contribution in [2.45, 2.75) is 19.4 Å². The Kier molecular flexibility index (Phi) is 4.72. The average molecular weight is 332 g/mol. The number of amides is 2. The van der Waals surface area contributed by atoms with E-state index in [1.807, 2.05) is 12.1 Å². The maximum atomic E-state index is 11.7. The van der Waals surface area contributed by atoms with Crippen molar-refractivity contribution in [1.29, 1.82) is 0 Å². The lowest BCUT2D eigenvalue weighted by Gasteiger charge is -2.11. The van der Waals surface area contributed by atoms with E-state index in [-0.39, 0.29) is 18.4 Å². The molecular weight excluding hydrogens is 319 g/mol. The molecule has 86 valence electrons. The third kappa shape index (κ3) is 4.18. The summed E-state index contributed by atoms with van der Waals surface area (Å²) >= 11 is 2.14. The zero-order valence-electron chi connectivity index (χ0n) is 8.87. The van der Waals surface area contributed by atoms with Crippen LogP contribution in [-0.4, -0.2) is 17.9 Å². The second-order valence-corrected chi connectivity index (χ2v) is 4.80. The molecule has 1 aromatic rings. The van der Waals surface area contributed by atoms with Crippen molar-refractivity contribution in [2.75, 3.05) is 0 Å². The Bertz CT molecular complexity index is 407. The number of carbonyl (C=O) groups excluding carboxylic acids is 2. The summed E-state index contributed by atoms with van der Waals surface area (Å²) in [7, 11) is 0. The van der Waals surface area contributed by atoms with Crippen LogP contribution < -0.4 is 11.1 Å². The highest BCUT2D eigenvalue weighted by molar-refractivity contribution is 14.1. The van der Waals surface area contributed by atoms with E-state index in [1.54, 1.807) is 19.1 Å². The molecule has 3 N–H and O–H groups in total. The molecule has 0 fully saturated rings. The van der Waals surface area contributed by atoms with Crippen LogP contribution in [0, 0.1) is 3.57 Å². The topological polar surface area (TPSA) is 72.2 Å². The van der Waals surface area contributed by atoms with E-state index in [2.05, 4.69) is 27.9 Å². The highest BCUT2D eigenvalue weighted by Crippen LogP contribution is 2.08. The third-order valence-corrected chi connectivity index (χ3v) is 2.64. The van der Waals surface area contributed by atoms with Crippen LogP contribution in [0.3, 0.4) is 0 Å². The molecule has 0 heterocycles. The summed E-state index contributed by atoms with van der Waals surface area (Å²) in [6, 6.07) is 6.99. The lowest BCUT2D eigenvalue weighted by molar-refractivity contribution is -0.118. The first-order chi connectivity index (χ1) is 7.49. The maximum Gasteiger partial charge on any atom is 0.251 e. The first kappa shape index (κ1) is 13.0. The normalized spacial score (nSPS) is 11.9. The van der Waals surface area contributed by atoms with Crippen LogP contribution in [0.1, 0.15) is 23.7 Å². The number of halogens is 1. The number of hydrogen-bond acceptors (Lipinski definition) is 2. The van der Waals surface area contributed by atoms with E-state index < -0.39 is 5.91 Å². The standard InChI is InChI=1S/C11H13IN2O2/c1-7(5-10(13)15)14-11(16)8-3-2-4-9(12)6-8/h2-4,6-7H,5H2,1H3,(H2,13,15)(H,14,16). The molecule has 1 rings (SSSR count). The Balaban J connectivity index is 2.62. The molecule has 0 spiro atoms. The predicted molar refractivity (Wildman–Crippen MR) is 69.9 cm³/mol. The summed E-state index contributed by atoms with van der Waals surface area (Å²) in [5.41, 5.74) is 5.63. The third-order valence-electron chi connectivity index (χ3n) is 1.97. The Morgan fingerprint density at radius 1 is 1.50 bits per heavy atom. The fraction of sp³-hybridized carbons (Fsp3) is 0.273. The van der Waals surface area contributed by atoms with Crippen molar-refractivity contribution in [3.63, 3.8) is 0 Å². The van der Waals surface area contributed by atoms with Crippen LogP contribution in [0.4, 0.5) is 0 Å². The van der Waals surface area contributed by atoms with Gasteiger partial charge in [0, 0.05) is 21.6 Å². The van der Waals surface area contributed by atoms with Gasteiger partial charge in [-0.25, -0.2) is 0 Å².